The van der Waals surface area contributed by atoms with Crippen LogP contribution in [0, 0.1) is 5.41 Å². The van der Waals surface area contributed by atoms with Gasteiger partial charge in [-0.05, 0) is 22.0 Å². The molecule has 0 radical (unpaired) electrons. The lowest BCUT2D eigenvalue weighted by atomic mass is 9.92. The number of thioether (sulfide) groups is 4. The van der Waals surface area contributed by atoms with Gasteiger partial charge in [0.2, 0.25) is 0 Å². The normalized spacial score (nSPS) is 11.6. The Morgan fingerprint density at radius 2 is 0.800 bits per heavy atom. The van der Waals surface area contributed by atoms with Gasteiger partial charge in [0.05, 0.1) is 23.0 Å². The SMILES string of the molecule is CSCC(=O)OCC(COC(=O)CSC(C)C)(COC(=O)CSC(C)C)COC(=O)CSC(C)C. The molecule has 0 atom stereocenters. The lowest BCUT2D eigenvalue weighted by molar-refractivity contribution is -0.167. The average Bonchev–Trinajstić information content (AvgIpc) is 2.79. The third kappa shape index (κ3) is 19.1. The van der Waals surface area contributed by atoms with Gasteiger partial charge < -0.3 is 18.9 Å². The molecular formula is C23H40O8S4. The molecule has 12 heteroatoms. The molecule has 0 N–H and O–H groups in total. The quantitative estimate of drug-likeness (QED) is 0.165. The van der Waals surface area contributed by atoms with Gasteiger partial charge in [-0.3, -0.25) is 19.2 Å². The van der Waals surface area contributed by atoms with E-state index in [9.17, 15) is 19.2 Å². The second-order valence-electron chi connectivity index (χ2n) is 8.66. The number of rotatable bonds is 19. The van der Waals surface area contributed by atoms with Gasteiger partial charge in [0.15, 0.2) is 0 Å². The molecule has 0 aliphatic rings. The minimum atomic E-state index is -1.22. The summed E-state index contributed by atoms with van der Waals surface area (Å²) in [5.74, 6) is -1.24. The molecule has 0 aliphatic carbocycles. The van der Waals surface area contributed by atoms with Crippen molar-refractivity contribution in [1.29, 1.82) is 0 Å². The van der Waals surface area contributed by atoms with Crippen LogP contribution in [0.1, 0.15) is 41.5 Å². The molecule has 0 spiro atoms. The summed E-state index contributed by atoms with van der Waals surface area (Å²) in [6, 6.07) is 0. The highest BCUT2D eigenvalue weighted by molar-refractivity contribution is 8.01. The summed E-state index contributed by atoms with van der Waals surface area (Å²) in [7, 11) is 0. The maximum atomic E-state index is 12.3. The van der Waals surface area contributed by atoms with E-state index in [2.05, 4.69) is 0 Å². The summed E-state index contributed by atoms with van der Waals surface area (Å²) in [6.07, 6.45) is 1.77. The highest BCUT2D eigenvalue weighted by atomic mass is 32.2. The largest absolute Gasteiger partial charge is 0.464 e. The molecule has 0 aromatic heterocycles. The van der Waals surface area contributed by atoms with Crippen LogP contribution < -0.4 is 0 Å². The zero-order chi connectivity index (χ0) is 26.9. The number of carbonyl (C=O) groups excluding carboxylic acids is 4. The van der Waals surface area contributed by atoms with Gasteiger partial charge >= 0.3 is 23.9 Å². The van der Waals surface area contributed by atoms with E-state index >= 15 is 0 Å². The van der Waals surface area contributed by atoms with Crippen LogP contribution >= 0.6 is 47.0 Å². The molecular weight excluding hydrogens is 533 g/mol. The zero-order valence-corrected chi connectivity index (χ0v) is 25.1. The van der Waals surface area contributed by atoms with Crippen molar-refractivity contribution >= 4 is 70.9 Å². The Morgan fingerprint density at radius 3 is 1.03 bits per heavy atom. The van der Waals surface area contributed by atoms with Crippen molar-refractivity contribution in [3.63, 3.8) is 0 Å². The molecule has 0 aromatic carbocycles. The average molecular weight is 573 g/mol. The molecule has 0 aromatic rings. The van der Waals surface area contributed by atoms with Crippen molar-refractivity contribution in [3.8, 4) is 0 Å². The molecule has 0 bridgehead atoms. The van der Waals surface area contributed by atoms with Gasteiger partial charge in [-0.2, -0.15) is 11.8 Å². The predicted octanol–water partition coefficient (Wildman–Crippen LogP) is 3.93. The maximum Gasteiger partial charge on any atom is 0.315 e. The monoisotopic (exact) mass is 572 g/mol. The first-order valence-corrected chi connectivity index (χ1v) is 15.9. The Hall–Kier alpha value is -0.720. The Bertz CT molecular complexity index is 586. The van der Waals surface area contributed by atoms with E-state index in [1.807, 2.05) is 41.5 Å². The van der Waals surface area contributed by atoms with Crippen molar-refractivity contribution in [1.82, 2.24) is 0 Å². The molecule has 0 saturated carbocycles. The smallest absolute Gasteiger partial charge is 0.315 e. The second kappa shape index (κ2) is 19.4. The highest BCUT2D eigenvalue weighted by Gasteiger charge is 2.38. The topological polar surface area (TPSA) is 105 Å². The van der Waals surface area contributed by atoms with Crippen LogP contribution in [-0.2, 0) is 38.1 Å². The van der Waals surface area contributed by atoms with E-state index in [0.29, 0.717) is 0 Å². The zero-order valence-electron chi connectivity index (χ0n) is 21.8. The summed E-state index contributed by atoms with van der Waals surface area (Å²) in [6.45, 7) is 10.9. The van der Waals surface area contributed by atoms with E-state index < -0.39 is 29.3 Å². The van der Waals surface area contributed by atoms with Gasteiger partial charge in [0, 0.05) is 0 Å². The molecule has 0 aliphatic heterocycles. The lowest BCUT2D eigenvalue weighted by Crippen LogP contribution is -2.44. The van der Waals surface area contributed by atoms with Gasteiger partial charge in [-0.25, -0.2) is 0 Å². The third-order valence-corrected chi connectivity index (χ3v) is 7.75. The minimum Gasteiger partial charge on any atom is -0.464 e. The van der Waals surface area contributed by atoms with E-state index in [1.165, 1.54) is 47.0 Å². The highest BCUT2D eigenvalue weighted by Crippen LogP contribution is 2.23. The van der Waals surface area contributed by atoms with E-state index in [-0.39, 0.29) is 65.2 Å². The fourth-order valence-corrected chi connectivity index (χ4v) is 4.15. The first-order valence-electron chi connectivity index (χ1n) is 11.4. The van der Waals surface area contributed by atoms with Crippen LogP contribution in [0.3, 0.4) is 0 Å². The molecule has 204 valence electrons. The third-order valence-electron chi connectivity index (χ3n) is 4.02. The van der Waals surface area contributed by atoms with E-state index in [0.717, 1.165) is 0 Å². The van der Waals surface area contributed by atoms with Crippen molar-refractivity contribution < 1.29 is 38.1 Å². The van der Waals surface area contributed by atoms with Crippen LogP contribution in [0.5, 0.6) is 0 Å². The fraction of sp³-hybridized carbons (Fsp3) is 0.826. The lowest BCUT2D eigenvalue weighted by Gasteiger charge is -2.31. The Balaban J connectivity index is 5.51. The van der Waals surface area contributed by atoms with Gasteiger partial charge in [0.25, 0.3) is 0 Å². The first-order chi connectivity index (χ1) is 16.4. The first kappa shape index (κ1) is 34.3. The van der Waals surface area contributed by atoms with Crippen LogP contribution in [-0.4, -0.2) is 95.3 Å². The van der Waals surface area contributed by atoms with Gasteiger partial charge in [-0.15, -0.1) is 35.3 Å². The van der Waals surface area contributed by atoms with E-state index in [1.54, 1.807) is 6.26 Å². The Labute approximate surface area is 226 Å². The molecule has 0 heterocycles. The molecule has 0 amide bonds. The molecule has 0 saturated heterocycles. The Kier molecular flexibility index (Phi) is 19.0. The van der Waals surface area contributed by atoms with Crippen LogP contribution in [0.25, 0.3) is 0 Å². The van der Waals surface area contributed by atoms with Gasteiger partial charge in [0.1, 0.15) is 31.8 Å². The molecule has 0 rings (SSSR count). The van der Waals surface area contributed by atoms with Crippen LogP contribution in [0.2, 0.25) is 0 Å². The van der Waals surface area contributed by atoms with Crippen LogP contribution in [0.4, 0.5) is 0 Å². The number of ether oxygens (including phenoxy) is 4. The molecule has 0 fully saturated rings. The molecule has 35 heavy (non-hydrogen) atoms. The minimum absolute atomic E-state index is 0.135. The summed E-state index contributed by atoms with van der Waals surface area (Å²) in [4.78, 5) is 48.9. The van der Waals surface area contributed by atoms with Crippen LogP contribution in [0.15, 0.2) is 0 Å². The van der Waals surface area contributed by atoms with Crippen molar-refractivity contribution in [2.45, 2.75) is 57.3 Å². The number of esters is 4. The van der Waals surface area contributed by atoms with Crippen molar-refractivity contribution in [3.05, 3.63) is 0 Å². The maximum absolute atomic E-state index is 12.3. The van der Waals surface area contributed by atoms with Crippen molar-refractivity contribution in [2.24, 2.45) is 5.41 Å². The predicted molar refractivity (Wildman–Crippen MR) is 147 cm³/mol. The second-order valence-corrected chi connectivity index (χ2v) is 14.2. The molecule has 8 nitrogen and oxygen atoms in total. The summed E-state index contributed by atoms with van der Waals surface area (Å²) in [5, 5.41) is 0.746. The van der Waals surface area contributed by atoms with Crippen molar-refractivity contribution in [2.75, 3.05) is 55.7 Å². The van der Waals surface area contributed by atoms with Gasteiger partial charge in [-0.1, -0.05) is 41.5 Å². The number of hydrogen-bond acceptors (Lipinski definition) is 12. The summed E-state index contributed by atoms with van der Waals surface area (Å²) < 4.78 is 21.8. The standard InChI is InChI=1S/C23H40O8S4/c1-16(2)33-9-20(25)29-13-23(12-28-19(24)8-32-7,14-30-21(26)10-34-17(3)4)15-31-22(27)11-35-18(5)6/h16-18H,8-15H2,1-7H3. The number of hydrogen-bond donors (Lipinski definition) is 0. The summed E-state index contributed by atoms with van der Waals surface area (Å²) in [5.41, 5.74) is -1.22. The number of carbonyl (C=O) groups is 4. The Morgan fingerprint density at radius 1 is 0.543 bits per heavy atom. The fourth-order valence-electron chi connectivity index (χ4n) is 2.17. The summed E-state index contributed by atoms with van der Waals surface area (Å²) >= 11 is 5.60. The molecule has 0 unspecified atom stereocenters. The van der Waals surface area contributed by atoms with E-state index in [4.69, 9.17) is 18.9 Å².